The van der Waals surface area contributed by atoms with Gasteiger partial charge in [0.15, 0.2) is 0 Å². The number of nitrogens with one attached hydrogen (secondary N) is 1. The van der Waals surface area contributed by atoms with Crippen LogP contribution in [0.2, 0.25) is 0 Å². The second kappa shape index (κ2) is 6.06. The summed E-state index contributed by atoms with van der Waals surface area (Å²) in [6.07, 6.45) is 0.700. The molecule has 8 heteroatoms. The number of carbonyl (C=O) groups is 1. The molecule has 2 N–H and O–H groups in total. The molecule has 0 aromatic heterocycles. The van der Waals surface area contributed by atoms with Gasteiger partial charge < -0.3 is 19.9 Å². The maximum Gasteiger partial charge on any atom is 0.338 e. The first-order valence-electron chi connectivity index (χ1n) is 6.36. The van der Waals surface area contributed by atoms with Crippen LogP contribution >= 0.6 is 0 Å². The summed E-state index contributed by atoms with van der Waals surface area (Å²) in [6, 6.07) is 3.69. The van der Waals surface area contributed by atoms with E-state index in [0.717, 1.165) is 6.07 Å². The molecular formula is C13H16N2O6. The molecule has 1 aliphatic rings. The maximum atomic E-state index is 11.2. The van der Waals surface area contributed by atoms with Gasteiger partial charge in [-0.3, -0.25) is 10.1 Å². The first-order chi connectivity index (χ1) is 9.97. The van der Waals surface area contributed by atoms with Crippen LogP contribution < -0.4 is 5.32 Å². The predicted molar refractivity (Wildman–Crippen MR) is 73.7 cm³/mol. The van der Waals surface area contributed by atoms with Crippen molar-refractivity contribution in [1.29, 1.82) is 0 Å². The zero-order valence-electron chi connectivity index (χ0n) is 11.5. The van der Waals surface area contributed by atoms with Crippen LogP contribution in [-0.4, -0.2) is 48.5 Å². The summed E-state index contributed by atoms with van der Waals surface area (Å²) in [6.45, 7) is 1.37. The van der Waals surface area contributed by atoms with E-state index in [0.29, 0.717) is 31.9 Å². The van der Waals surface area contributed by atoms with Gasteiger partial charge in [0, 0.05) is 44.5 Å². The number of benzene rings is 1. The fourth-order valence-electron chi connectivity index (χ4n) is 2.19. The lowest BCUT2D eigenvalue weighted by atomic mass is 10.0. The molecule has 0 radical (unpaired) electrons. The summed E-state index contributed by atoms with van der Waals surface area (Å²) in [5.41, 5.74) is -0.591. The number of non-ortho nitro benzene ring substituents is 1. The number of hydrogen-bond acceptors (Lipinski definition) is 6. The summed E-state index contributed by atoms with van der Waals surface area (Å²) >= 11 is 0. The van der Waals surface area contributed by atoms with Crippen LogP contribution in [0, 0.1) is 10.1 Å². The fraction of sp³-hybridized carbons (Fsp3) is 0.462. The summed E-state index contributed by atoms with van der Waals surface area (Å²) in [4.78, 5) is 21.3. The Labute approximate surface area is 120 Å². The van der Waals surface area contributed by atoms with Crippen molar-refractivity contribution in [2.24, 2.45) is 0 Å². The van der Waals surface area contributed by atoms with Gasteiger partial charge in [-0.25, -0.2) is 4.79 Å². The van der Waals surface area contributed by atoms with Crippen LogP contribution in [0.15, 0.2) is 18.2 Å². The lowest BCUT2D eigenvalue weighted by Gasteiger charge is -2.26. The van der Waals surface area contributed by atoms with Crippen molar-refractivity contribution in [3.8, 4) is 0 Å². The lowest BCUT2D eigenvalue weighted by molar-refractivity contribution is -0.384. The van der Waals surface area contributed by atoms with Crippen LogP contribution in [0.5, 0.6) is 0 Å². The largest absolute Gasteiger partial charge is 0.478 e. The van der Waals surface area contributed by atoms with Gasteiger partial charge in [-0.1, -0.05) is 0 Å². The minimum absolute atomic E-state index is 0.144. The van der Waals surface area contributed by atoms with E-state index in [1.807, 2.05) is 0 Å². The molecule has 1 heterocycles. The van der Waals surface area contributed by atoms with Crippen molar-refractivity contribution in [2.45, 2.75) is 12.0 Å². The van der Waals surface area contributed by atoms with Crippen LogP contribution in [0.25, 0.3) is 0 Å². The zero-order chi connectivity index (χ0) is 15.5. The topological polar surface area (TPSA) is 111 Å². The predicted octanol–water partition coefficient (Wildman–Crippen LogP) is 1.51. The molecule has 2 rings (SSSR count). The minimum atomic E-state index is -1.23. The highest BCUT2D eigenvalue weighted by molar-refractivity contribution is 5.95. The number of aromatic carboxylic acids is 1. The molecule has 1 unspecified atom stereocenters. The van der Waals surface area contributed by atoms with Crippen molar-refractivity contribution in [3.63, 3.8) is 0 Å². The van der Waals surface area contributed by atoms with Crippen molar-refractivity contribution >= 4 is 17.3 Å². The molecule has 0 bridgehead atoms. The first kappa shape index (κ1) is 15.2. The first-order valence-corrected chi connectivity index (χ1v) is 6.36. The van der Waals surface area contributed by atoms with Crippen LogP contribution in [0.1, 0.15) is 16.8 Å². The Morgan fingerprint density at radius 1 is 1.62 bits per heavy atom. The van der Waals surface area contributed by atoms with E-state index in [2.05, 4.69) is 5.32 Å². The molecule has 0 amide bonds. The van der Waals surface area contributed by atoms with Gasteiger partial charge >= 0.3 is 5.97 Å². The van der Waals surface area contributed by atoms with E-state index >= 15 is 0 Å². The average molecular weight is 296 g/mol. The third-order valence-corrected chi connectivity index (χ3v) is 3.55. The van der Waals surface area contributed by atoms with Gasteiger partial charge in [0.05, 0.1) is 17.1 Å². The van der Waals surface area contributed by atoms with Crippen LogP contribution in [0.4, 0.5) is 11.4 Å². The van der Waals surface area contributed by atoms with E-state index < -0.39 is 16.5 Å². The molecular weight excluding hydrogens is 280 g/mol. The quantitative estimate of drug-likeness (QED) is 0.604. The van der Waals surface area contributed by atoms with Crippen molar-refractivity contribution in [1.82, 2.24) is 0 Å². The third-order valence-electron chi connectivity index (χ3n) is 3.55. The summed E-state index contributed by atoms with van der Waals surface area (Å²) < 4.78 is 10.7. The van der Waals surface area contributed by atoms with Crippen LogP contribution in [0.3, 0.4) is 0 Å². The molecule has 1 aliphatic heterocycles. The molecule has 21 heavy (non-hydrogen) atoms. The molecule has 0 spiro atoms. The Balaban J connectivity index is 2.19. The van der Waals surface area contributed by atoms with Gasteiger partial charge in [-0.15, -0.1) is 0 Å². The zero-order valence-corrected chi connectivity index (χ0v) is 11.5. The van der Waals surface area contributed by atoms with Gasteiger partial charge in [-0.2, -0.15) is 0 Å². The number of methoxy groups -OCH3 is 1. The molecule has 0 aliphatic carbocycles. The fourth-order valence-corrected chi connectivity index (χ4v) is 2.19. The molecule has 0 saturated carbocycles. The number of nitro benzene ring substituents is 1. The summed E-state index contributed by atoms with van der Waals surface area (Å²) in [7, 11) is 1.57. The maximum absolute atomic E-state index is 11.2. The second-order valence-corrected chi connectivity index (χ2v) is 4.84. The Hall–Kier alpha value is -2.19. The molecule has 1 saturated heterocycles. The standard InChI is InChI=1S/C13H16N2O6/c1-20-13(4-5-21-8-13)7-14-11-3-2-9(15(18)19)6-10(11)12(16)17/h2-3,6,14H,4-5,7-8H2,1H3,(H,16,17). The summed E-state index contributed by atoms with van der Waals surface area (Å²) in [5, 5.41) is 22.9. The Kier molecular flexibility index (Phi) is 4.39. The number of nitrogens with zero attached hydrogens (tertiary/aromatic N) is 1. The van der Waals surface area contributed by atoms with E-state index in [1.165, 1.54) is 12.1 Å². The van der Waals surface area contributed by atoms with Gasteiger partial charge in [-0.05, 0) is 6.07 Å². The molecule has 8 nitrogen and oxygen atoms in total. The van der Waals surface area contributed by atoms with Crippen molar-refractivity contribution < 1.29 is 24.3 Å². The lowest BCUT2D eigenvalue weighted by Crippen LogP contribution is -2.39. The number of rotatable bonds is 6. The van der Waals surface area contributed by atoms with E-state index in [1.54, 1.807) is 7.11 Å². The van der Waals surface area contributed by atoms with Crippen molar-refractivity contribution in [2.75, 3.05) is 32.2 Å². The molecule has 1 aromatic carbocycles. The normalized spacial score (nSPS) is 21.2. The SMILES string of the molecule is COC1(CNc2ccc([N+](=O)[O-])cc2C(=O)O)CCOC1. The third kappa shape index (κ3) is 3.29. The second-order valence-electron chi connectivity index (χ2n) is 4.84. The highest BCUT2D eigenvalue weighted by Gasteiger charge is 2.35. The highest BCUT2D eigenvalue weighted by Crippen LogP contribution is 2.26. The Morgan fingerprint density at radius 3 is 2.90 bits per heavy atom. The monoisotopic (exact) mass is 296 g/mol. The smallest absolute Gasteiger partial charge is 0.338 e. The van der Waals surface area contributed by atoms with E-state index in [9.17, 15) is 14.9 Å². The molecule has 1 fully saturated rings. The van der Waals surface area contributed by atoms with Gasteiger partial charge in [0.1, 0.15) is 5.60 Å². The van der Waals surface area contributed by atoms with Gasteiger partial charge in [0.25, 0.3) is 5.69 Å². The Morgan fingerprint density at radius 2 is 2.38 bits per heavy atom. The van der Waals surface area contributed by atoms with Gasteiger partial charge in [0.2, 0.25) is 0 Å². The minimum Gasteiger partial charge on any atom is -0.478 e. The Bertz CT molecular complexity index is 554. The van der Waals surface area contributed by atoms with E-state index in [-0.39, 0.29) is 11.3 Å². The molecule has 1 aromatic rings. The number of carboxylic acid groups (broad SMARTS) is 1. The van der Waals surface area contributed by atoms with Crippen molar-refractivity contribution in [3.05, 3.63) is 33.9 Å². The number of hydrogen-bond donors (Lipinski definition) is 2. The molecule has 114 valence electrons. The number of nitro groups is 1. The molecule has 1 atom stereocenters. The summed E-state index contributed by atoms with van der Waals surface area (Å²) in [5.74, 6) is -1.23. The number of anilines is 1. The number of ether oxygens (including phenoxy) is 2. The van der Waals surface area contributed by atoms with Crippen LogP contribution in [-0.2, 0) is 9.47 Å². The van der Waals surface area contributed by atoms with E-state index in [4.69, 9.17) is 14.6 Å². The number of carboxylic acids is 1. The highest BCUT2D eigenvalue weighted by atomic mass is 16.6. The average Bonchev–Trinajstić information content (AvgIpc) is 2.94.